The fraction of sp³-hybridized carbons (Fsp3) is 0.778. The second-order valence-electron chi connectivity index (χ2n) is 3.91. The van der Waals surface area contributed by atoms with Crippen LogP contribution in [0.5, 0.6) is 0 Å². The Hall–Kier alpha value is -1.06. The summed E-state index contributed by atoms with van der Waals surface area (Å²) >= 11 is 0. The van der Waals surface area contributed by atoms with E-state index in [1.807, 2.05) is 0 Å². The van der Waals surface area contributed by atoms with Gasteiger partial charge < -0.3 is 5.32 Å². The van der Waals surface area contributed by atoms with Gasteiger partial charge in [0.25, 0.3) is 5.84 Å². The molecule has 0 spiro atoms. The van der Waals surface area contributed by atoms with E-state index in [2.05, 4.69) is 34.5 Å². The molecule has 2 rings (SSSR count). The molecule has 0 aromatic rings. The van der Waals surface area contributed by atoms with Crippen molar-refractivity contribution < 1.29 is 4.99 Å². The largest absolute Gasteiger partial charge is 0.369 e. The molecule has 3 N–H and O–H groups in total. The maximum absolute atomic E-state index is 4.41. The first kappa shape index (κ1) is 8.53. The van der Waals surface area contributed by atoms with Gasteiger partial charge in [-0.3, -0.25) is 15.3 Å². The van der Waals surface area contributed by atoms with Gasteiger partial charge in [0, 0.05) is 6.04 Å². The van der Waals surface area contributed by atoms with Crippen molar-refractivity contribution in [1.29, 1.82) is 0 Å². The molecule has 0 aromatic carbocycles. The minimum absolute atomic E-state index is 0.509. The van der Waals surface area contributed by atoms with Crippen molar-refractivity contribution in [2.75, 3.05) is 13.1 Å². The number of hydrogen-bond acceptors (Lipinski definition) is 3. The summed E-state index contributed by atoms with van der Waals surface area (Å²) in [5.74, 6) is 2.31. The summed E-state index contributed by atoms with van der Waals surface area (Å²) in [6.07, 6.45) is 0.898. The maximum Gasteiger partial charge on any atom is 0.250 e. The standard InChI is InChI=1S/C9H16N4/c1-6-4-10-8(12-6)3-9-11-5-7(2)13-9/h6-7H,3-5H2,1-2H3,(H,10,12)(H,11,13)/p+1. The zero-order valence-electron chi connectivity index (χ0n) is 8.22. The van der Waals surface area contributed by atoms with E-state index < -0.39 is 0 Å². The van der Waals surface area contributed by atoms with Gasteiger partial charge in [-0.2, -0.15) is 0 Å². The molecule has 2 unspecified atom stereocenters. The highest BCUT2D eigenvalue weighted by molar-refractivity contribution is 6.01. The van der Waals surface area contributed by atoms with Gasteiger partial charge in [-0.15, -0.1) is 0 Å². The lowest BCUT2D eigenvalue weighted by molar-refractivity contribution is -0.449. The van der Waals surface area contributed by atoms with Gasteiger partial charge in [0.05, 0.1) is 6.54 Å². The summed E-state index contributed by atoms with van der Waals surface area (Å²) in [6.45, 7) is 6.27. The summed E-state index contributed by atoms with van der Waals surface area (Å²) in [5.41, 5.74) is 0. The van der Waals surface area contributed by atoms with Gasteiger partial charge in [-0.05, 0) is 13.8 Å². The van der Waals surface area contributed by atoms with Crippen molar-refractivity contribution in [3.63, 3.8) is 0 Å². The van der Waals surface area contributed by atoms with E-state index in [1.165, 1.54) is 5.84 Å². The number of rotatable bonds is 2. The average Bonchev–Trinajstić information content (AvgIpc) is 2.62. The number of aliphatic imine (C=N–C) groups is 1. The lowest BCUT2D eigenvalue weighted by Crippen LogP contribution is -2.71. The molecule has 0 saturated heterocycles. The molecular weight excluding hydrogens is 164 g/mol. The predicted octanol–water partition coefficient (Wildman–Crippen LogP) is -1.76. The first-order chi connectivity index (χ1) is 6.24. The van der Waals surface area contributed by atoms with Crippen molar-refractivity contribution in [1.82, 2.24) is 10.6 Å². The lowest BCUT2D eigenvalue weighted by Gasteiger charge is -2.03. The van der Waals surface area contributed by atoms with Crippen molar-refractivity contribution in [2.24, 2.45) is 4.99 Å². The Bertz CT molecular complexity index is 230. The summed E-state index contributed by atoms with van der Waals surface area (Å²) in [4.78, 5) is 7.74. The minimum atomic E-state index is 0.509. The Kier molecular flexibility index (Phi) is 2.20. The number of hydrogen-bond donors (Lipinski definition) is 3. The first-order valence-corrected chi connectivity index (χ1v) is 4.90. The molecule has 2 aliphatic rings. The molecule has 2 atom stereocenters. The van der Waals surface area contributed by atoms with E-state index >= 15 is 0 Å². The third-order valence-electron chi connectivity index (χ3n) is 2.36. The van der Waals surface area contributed by atoms with Crippen LogP contribution in [0.2, 0.25) is 0 Å². The monoisotopic (exact) mass is 181 g/mol. The van der Waals surface area contributed by atoms with Gasteiger partial charge in [-0.25, -0.2) is 0 Å². The molecule has 0 radical (unpaired) electrons. The molecule has 2 aliphatic heterocycles. The fourth-order valence-corrected chi connectivity index (χ4v) is 1.69. The number of amidine groups is 2. The van der Waals surface area contributed by atoms with Crippen LogP contribution in [-0.2, 0) is 0 Å². The highest BCUT2D eigenvalue weighted by Crippen LogP contribution is 1.98. The predicted molar refractivity (Wildman–Crippen MR) is 53.0 cm³/mol. The molecule has 4 heteroatoms. The van der Waals surface area contributed by atoms with Gasteiger partial charge in [-0.1, -0.05) is 0 Å². The van der Waals surface area contributed by atoms with Gasteiger partial charge >= 0.3 is 0 Å². The second-order valence-corrected chi connectivity index (χ2v) is 3.91. The Labute approximate surface area is 78.5 Å². The van der Waals surface area contributed by atoms with Crippen LogP contribution < -0.4 is 15.6 Å². The number of nitrogens with one attached hydrogen (secondary N) is 3. The number of nitrogens with zero attached hydrogens (tertiary/aromatic N) is 1. The zero-order chi connectivity index (χ0) is 9.26. The van der Waals surface area contributed by atoms with Crippen LogP contribution in [0, 0.1) is 0 Å². The third kappa shape index (κ3) is 1.99. The molecule has 0 amide bonds. The van der Waals surface area contributed by atoms with Crippen LogP contribution in [0.3, 0.4) is 0 Å². The van der Waals surface area contributed by atoms with Crippen molar-refractivity contribution >= 4 is 11.7 Å². The van der Waals surface area contributed by atoms with E-state index in [4.69, 9.17) is 0 Å². The van der Waals surface area contributed by atoms with Crippen LogP contribution >= 0.6 is 0 Å². The molecule has 0 fully saturated rings. The van der Waals surface area contributed by atoms with Gasteiger partial charge in [0.2, 0.25) is 0 Å². The van der Waals surface area contributed by atoms with Crippen LogP contribution in [-0.4, -0.2) is 36.8 Å². The normalized spacial score (nSPS) is 32.2. The molecule has 0 aliphatic carbocycles. The van der Waals surface area contributed by atoms with E-state index in [0.717, 1.165) is 25.3 Å². The summed E-state index contributed by atoms with van der Waals surface area (Å²) in [6, 6.07) is 1.06. The second kappa shape index (κ2) is 3.36. The molecule has 2 heterocycles. The molecule has 72 valence electrons. The zero-order valence-corrected chi connectivity index (χ0v) is 8.22. The van der Waals surface area contributed by atoms with Crippen molar-refractivity contribution in [3.8, 4) is 0 Å². The molecule has 0 saturated carbocycles. The molecule has 13 heavy (non-hydrogen) atoms. The van der Waals surface area contributed by atoms with E-state index in [-0.39, 0.29) is 0 Å². The first-order valence-electron chi connectivity index (χ1n) is 4.90. The maximum atomic E-state index is 4.41. The highest BCUT2D eigenvalue weighted by atomic mass is 15.1. The fourth-order valence-electron chi connectivity index (χ4n) is 1.69. The molecule has 0 bridgehead atoms. The minimum Gasteiger partial charge on any atom is -0.369 e. The van der Waals surface area contributed by atoms with Crippen LogP contribution in [0.1, 0.15) is 20.3 Å². The van der Waals surface area contributed by atoms with Crippen molar-refractivity contribution in [3.05, 3.63) is 0 Å². The van der Waals surface area contributed by atoms with Gasteiger partial charge in [0.15, 0.2) is 0 Å². The van der Waals surface area contributed by atoms with E-state index in [1.54, 1.807) is 0 Å². The average molecular weight is 181 g/mol. The SMILES string of the molecule is CC1CN=C(CC2=[NH+]CC(C)N2)N1. The molecule has 4 nitrogen and oxygen atoms in total. The molecular formula is C9H17N4+. The van der Waals surface area contributed by atoms with E-state index in [0.29, 0.717) is 12.1 Å². The van der Waals surface area contributed by atoms with Crippen LogP contribution in [0.15, 0.2) is 4.99 Å². The Morgan fingerprint density at radius 3 is 2.77 bits per heavy atom. The summed E-state index contributed by atoms with van der Waals surface area (Å²) < 4.78 is 0. The quantitative estimate of drug-likeness (QED) is 0.472. The lowest BCUT2D eigenvalue weighted by atomic mass is 10.3. The smallest absolute Gasteiger partial charge is 0.250 e. The topological polar surface area (TPSA) is 50.4 Å². The van der Waals surface area contributed by atoms with Crippen molar-refractivity contribution in [2.45, 2.75) is 32.4 Å². The molecule has 0 aromatic heterocycles. The van der Waals surface area contributed by atoms with E-state index in [9.17, 15) is 0 Å². The highest BCUT2D eigenvalue weighted by Gasteiger charge is 2.23. The Morgan fingerprint density at radius 2 is 2.23 bits per heavy atom. The third-order valence-corrected chi connectivity index (χ3v) is 2.36. The summed E-state index contributed by atoms with van der Waals surface area (Å²) in [5, 5.41) is 6.72. The Balaban J connectivity index is 1.85. The Morgan fingerprint density at radius 1 is 1.38 bits per heavy atom. The van der Waals surface area contributed by atoms with Crippen LogP contribution in [0.25, 0.3) is 0 Å². The van der Waals surface area contributed by atoms with Crippen LogP contribution in [0.4, 0.5) is 0 Å². The summed E-state index contributed by atoms with van der Waals surface area (Å²) in [7, 11) is 0. The van der Waals surface area contributed by atoms with Gasteiger partial charge in [0.1, 0.15) is 24.8 Å².